The maximum atomic E-state index is 10.8. The summed E-state index contributed by atoms with van der Waals surface area (Å²) in [5.41, 5.74) is 0.859. The highest BCUT2D eigenvalue weighted by atomic mass is 79.9. The van der Waals surface area contributed by atoms with Crippen LogP contribution >= 0.6 is 15.9 Å². The Labute approximate surface area is 96.8 Å². The molecule has 0 aliphatic carbocycles. The number of hydrogen-bond acceptors (Lipinski definition) is 2. The van der Waals surface area contributed by atoms with Crippen LogP contribution in [-0.2, 0) is 7.05 Å². The average molecular weight is 276 g/mol. The highest BCUT2D eigenvalue weighted by molar-refractivity contribution is 9.10. The Morgan fingerprint density at radius 3 is 2.53 bits per heavy atom. The van der Waals surface area contributed by atoms with Crippen molar-refractivity contribution in [3.63, 3.8) is 0 Å². The summed E-state index contributed by atoms with van der Waals surface area (Å²) in [5, 5.41) is 8.88. The molecule has 1 unspecified atom stereocenters. The number of rotatable bonds is 2. The van der Waals surface area contributed by atoms with E-state index in [0.29, 0.717) is 4.60 Å². The first-order valence-corrected chi connectivity index (χ1v) is 5.30. The molecule has 1 N–H and O–H groups in total. The molecule has 0 saturated heterocycles. The van der Waals surface area contributed by atoms with Crippen molar-refractivity contribution < 1.29 is 9.90 Å². The summed E-state index contributed by atoms with van der Waals surface area (Å²) in [6.45, 7) is 3.71. The van der Waals surface area contributed by atoms with E-state index in [4.69, 9.17) is 5.11 Å². The van der Waals surface area contributed by atoms with Gasteiger partial charge < -0.3 is 14.6 Å². The molecule has 1 aromatic rings. The van der Waals surface area contributed by atoms with E-state index in [1.807, 2.05) is 25.5 Å². The quantitative estimate of drug-likeness (QED) is 0.900. The number of imidazole rings is 1. The molecule has 1 aromatic heterocycles. The number of amides is 1. The molecule has 0 aromatic carbocycles. The number of aromatic nitrogens is 2. The van der Waals surface area contributed by atoms with Gasteiger partial charge in [-0.15, -0.1) is 0 Å². The standard InChI is InChI=1S/C9H14BrN3O2/c1-5(12(3)9(14)15)7-8(10)11-6(2)13(7)4/h5H,1-4H3,(H,14,15). The second kappa shape index (κ2) is 4.22. The third kappa shape index (κ3) is 2.14. The summed E-state index contributed by atoms with van der Waals surface area (Å²) in [6.07, 6.45) is -0.951. The lowest BCUT2D eigenvalue weighted by atomic mass is 10.2. The first-order valence-electron chi connectivity index (χ1n) is 4.50. The van der Waals surface area contributed by atoms with Gasteiger partial charge in [-0.05, 0) is 29.8 Å². The number of aryl methyl sites for hydroxylation is 1. The molecular weight excluding hydrogens is 262 g/mol. The van der Waals surface area contributed by atoms with Crippen LogP contribution in [0.15, 0.2) is 4.60 Å². The second-order valence-electron chi connectivity index (χ2n) is 3.46. The largest absolute Gasteiger partial charge is 0.465 e. The van der Waals surface area contributed by atoms with Gasteiger partial charge >= 0.3 is 6.09 Å². The minimum absolute atomic E-state index is 0.233. The maximum Gasteiger partial charge on any atom is 0.407 e. The van der Waals surface area contributed by atoms with Gasteiger partial charge in [0.15, 0.2) is 0 Å². The first kappa shape index (κ1) is 12.0. The Hall–Kier alpha value is -1.04. The summed E-state index contributed by atoms with van der Waals surface area (Å²) in [5.74, 6) is 0.850. The summed E-state index contributed by atoms with van der Waals surface area (Å²) >= 11 is 3.33. The van der Waals surface area contributed by atoms with Gasteiger partial charge in [0.2, 0.25) is 0 Å². The van der Waals surface area contributed by atoms with Crippen LogP contribution < -0.4 is 0 Å². The second-order valence-corrected chi connectivity index (χ2v) is 4.21. The zero-order valence-electron chi connectivity index (χ0n) is 9.15. The van der Waals surface area contributed by atoms with Crippen molar-refractivity contribution in [2.75, 3.05) is 7.05 Å². The van der Waals surface area contributed by atoms with Crippen molar-refractivity contribution in [2.45, 2.75) is 19.9 Å². The zero-order chi connectivity index (χ0) is 11.7. The van der Waals surface area contributed by atoms with E-state index < -0.39 is 6.09 Å². The summed E-state index contributed by atoms with van der Waals surface area (Å²) < 4.78 is 2.58. The third-order valence-corrected chi connectivity index (χ3v) is 3.18. The molecule has 0 aliphatic heterocycles. The molecule has 1 heterocycles. The van der Waals surface area contributed by atoms with Gasteiger partial charge in [0, 0.05) is 14.1 Å². The molecule has 1 rings (SSSR count). The van der Waals surface area contributed by atoms with E-state index in [9.17, 15) is 4.79 Å². The van der Waals surface area contributed by atoms with E-state index in [1.54, 1.807) is 7.05 Å². The predicted octanol–water partition coefficient (Wildman–Crippen LogP) is 2.16. The highest BCUT2D eigenvalue weighted by Gasteiger charge is 2.23. The van der Waals surface area contributed by atoms with Crippen LogP contribution in [0.5, 0.6) is 0 Å². The minimum atomic E-state index is -0.951. The number of carbonyl (C=O) groups is 1. The Morgan fingerprint density at radius 2 is 2.20 bits per heavy atom. The molecule has 5 nitrogen and oxygen atoms in total. The predicted molar refractivity (Wildman–Crippen MR) is 59.8 cm³/mol. The van der Waals surface area contributed by atoms with E-state index >= 15 is 0 Å². The van der Waals surface area contributed by atoms with E-state index in [0.717, 1.165) is 11.5 Å². The lowest BCUT2D eigenvalue weighted by Gasteiger charge is -2.22. The SMILES string of the molecule is Cc1nc(Br)c(C(C)N(C)C(=O)O)n1C. The molecule has 1 amide bonds. The smallest absolute Gasteiger partial charge is 0.407 e. The van der Waals surface area contributed by atoms with Crippen LogP contribution in [0.25, 0.3) is 0 Å². The first-order chi connectivity index (χ1) is 6.86. The van der Waals surface area contributed by atoms with E-state index in [2.05, 4.69) is 20.9 Å². The van der Waals surface area contributed by atoms with Crippen molar-refractivity contribution in [1.82, 2.24) is 14.5 Å². The molecule has 1 atom stereocenters. The van der Waals surface area contributed by atoms with E-state index in [1.165, 1.54) is 4.90 Å². The fourth-order valence-electron chi connectivity index (χ4n) is 1.39. The van der Waals surface area contributed by atoms with Crippen LogP contribution in [0.3, 0.4) is 0 Å². The average Bonchev–Trinajstić information content (AvgIpc) is 2.39. The van der Waals surface area contributed by atoms with Crippen LogP contribution in [0, 0.1) is 6.92 Å². The van der Waals surface area contributed by atoms with Crippen molar-refractivity contribution in [1.29, 1.82) is 0 Å². The van der Waals surface area contributed by atoms with Crippen LogP contribution in [0.2, 0.25) is 0 Å². The third-order valence-electron chi connectivity index (χ3n) is 2.60. The molecule has 0 fully saturated rings. The zero-order valence-corrected chi connectivity index (χ0v) is 10.7. The molecule has 84 valence electrons. The number of nitrogens with zero attached hydrogens (tertiary/aromatic N) is 3. The molecule has 0 spiro atoms. The van der Waals surface area contributed by atoms with Crippen LogP contribution in [-0.4, -0.2) is 32.7 Å². The monoisotopic (exact) mass is 275 g/mol. The number of carboxylic acid groups (broad SMARTS) is 1. The molecule has 15 heavy (non-hydrogen) atoms. The lowest BCUT2D eigenvalue weighted by molar-refractivity contribution is 0.140. The van der Waals surface area contributed by atoms with Gasteiger partial charge in [0.1, 0.15) is 10.4 Å². The van der Waals surface area contributed by atoms with Gasteiger partial charge in [0.25, 0.3) is 0 Å². The fraction of sp³-hybridized carbons (Fsp3) is 0.556. The Balaban J connectivity index is 3.10. The van der Waals surface area contributed by atoms with Gasteiger partial charge in [-0.1, -0.05) is 0 Å². The van der Waals surface area contributed by atoms with Gasteiger partial charge in [0.05, 0.1) is 11.7 Å². The molecule has 0 radical (unpaired) electrons. The van der Waals surface area contributed by atoms with Gasteiger partial charge in [-0.25, -0.2) is 9.78 Å². The Bertz CT molecular complexity index is 389. The molecular formula is C9H14BrN3O2. The fourth-order valence-corrected chi connectivity index (χ4v) is 2.24. The summed E-state index contributed by atoms with van der Waals surface area (Å²) in [6, 6.07) is -0.233. The van der Waals surface area contributed by atoms with Crippen molar-refractivity contribution in [3.8, 4) is 0 Å². The minimum Gasteiger partial charge on any atom is -0.465 e. The topological polar surface area (TPSA) is 58.4 Å². The van der Waals surface area contributed by atoms with Gasteiger partial charge in [-0.2, -0.15) is 0 Å². The lowest BCUT2D eigenvalue weighted by Crippen LogP contribution is -2.29. The molecule has 6 heteroatoms. The van der Waals surface area contributed by atoms with Crippen molar-refractivity contribution in [2.24, 2.45) is 7.05 Å². The molecule has 0 aliphatic rings. The molecule has 0 saturated carbocycles. The molecule has 0 bridgehead atoms. The number of halogens is 1. The van der Waals surface area contributed by atoms with Crippen LogP contribution in [0.1, 0.15) is 24.5 Å². The number of hydrogen-bond donors (Lipinski definition) is 1. The van der Waals surface area contributed by atoms with E-state index in [-0.39, 0.29) is 6.04 Å². The van der Waals surface area contributed by atoms with Crippen LogP contribution in [0.4, 0.5) is 4.79 Å². The Morgan fingerprint density at radius 1 is 1.67 bits per heavy atom. The summed E-state index contributed by atoms with van der Waals surface area (Å²) in [4.78, 5) is 16.3. The van der Waals surface area contributed by atoms with Crippen molar-refractivity contribution >= 4 is 22.0 Å². The highest BCUT2D eigenvalue weighted by Crippen LogP contribution is 2.26. The maximum absolute atomic E-state index is 10.8. The Kier molecular flexibility index (Phi) is 3.38. The van der Waals surface area contributed by atoms with Gasteiger partial charge in [-0.3, -0.25) is 0 Å². The van der Waals surface area contributed by atoms with Crippen molar-refractivity contribution in [3.05, 3.63) is 16.1 Å². The normalized spacial score (nSPS) is 12.6. The summed E-state index contributed by atoms with van der Waals surface area (Å²) in [7, 11) is 3.41.